The van der Waals surface area contributed by atoms with E-state index in [4.69, 9.17) is 50.5 Å². The number of hydrogen-bond donors (Lipinski definition) is 2. The number of nitrogens with zero attached hydrogens (tertiary/aromatic N) is 11. The average Bonchev–Trinajstić information content (AvgIpc) is 1.66. The minimum Gasteiger partial charge on any atom is -0.412 e. The zero-order valence-electron chi connectivity index (χ0n) is 55.2. The highest BCUT2D eigenvalue weighted by Gasteiger charge is 2.22. The fraction of sp³-hybridized carbons (Fsp3) is 0.375. The number of pyridine rings is 3. The van der Waals surface area contributed by atoms with Gasteiger partial charge in [0.05, 0.1) is 25.9 Å². The molecule has 3 saturated carbocycles. The van der Waals surface area contributed by atoms with E-state index in [1.165, 1.54) is 88.2 Å². The highest BCUT2D eigenvalue weighted by molar-refractivity contribution is 7.98. The van der Waals surface area contributed by atoms with Crippen molar-refractivity contribution in [1.82, 2.24) is 57.8 Å². The second-order valence-electron chi connectivity index (χ2n) is 25.2. The molecule has 0 spiro atoms. The van der Waals surface area contributed by atoms with Crippen LogP contribution in [-0.2, 0) is 42.9 Å². The number of nitrogens with one attached hydrogen (secondary N) is 1. The molecular formula is C72H90Cl3N13O6S3. The zero-order chi connectivity index (χ0) is 63.9. The smallest absolute Gasteiger partial charge is 0.218 e. The van der Waals surface area contributed by atoms with E-state index in [-0.39, 0.29) is 27.4 Å². The highest BCUT2D eigenvalue weighted by Crippen LogP contribution is 2.35. The third-order valence-corrected chi connectivity index (χ3v) is 21.0. The summed E-state index contributed by atoms with van der Waals surface area (Å²) in [4.78, 5) is 45.9. The number of fused-ring (bicyclic) bond motifs is 3. The normalized spacial score (nSPS) is 18.3. The molecule has 1 unspecified atom stereocenters. The van der Waals surface area contributed by atoms with Crippen molar-refractivity contribution in [2.45, 2.75) is 151 Å². The van der Waals surface area contributed by atoms with Crippen molar-refractivity contribution < 1.29 is 31.6 Å². The molecule has 11 aromatic rings. The Morgan fingerprint density at radius 3 is 1.23 bits per heavy atom. The van der Waals surface area contributed by atoms with Gasteiger partial charge < -0.3 is 38.1 Å². The van der Waals surface area contributed by atoms with Gasteiger partial charge in [0, 0.05) is 145 Å². The number of benzene rings is 2. The summed E-state index contributed by atoms with van der Waals surface area (Å²) in [5.74, 6) is 6.14. The van der Waals surface area contributed by atoms with Crippen LogP contribution in [0.25, 0.3) is 33.1 Å². The molecule has 25 heteroatoms. The van der Waals surface area contributed by atoms with Gasteiger partial charge in [-0.15, -0.1) is 0 Å². The maximum atomic E-state index is 11.5. The molecule has 3 aliphatic rings. The molecule has 0 saturated heterocycles. The number of rotatable bonds is 15. The molecule has 14 rings (SSSR count). The summed E-state index contributed by atoms with van der Waals surface area (Å²) in [7, 11) is -1.18. The van der Waals surface area contributed by atoms with E-state index in [0.717, 1.165) is 132 Å². The summed E-state index contributed by atoms with van der Waals surface area (Å²) in [6.07, 6.45) is 44.1. The van der Waals surface area contributed by atoms with Crippen LogP contribution >= 0.6 is 58.7 Å². The fourth-order valence-electron chi connectivity index (χ4n) is 12.3. The van der Waals surface area contributed by atoms with Gasteiger partial charge in [-0.3, -0.25) is 12.2 Å². The van der Waals surface area contributed by atoms with Crippen LogP contribution in [-0.4, -0.2) is 102 Å². The predicted octanol–water partition coefficient (Wildman–Crippen LogP) is 13.7. The van der Waals surface area contributed by atoms with Crippen LogP contribution in [0.15, 0.2) is 168 Å². The Morgan fingerprint density at radius 1 is 0.474 bits per heavy atom. The molecule has 0 amide bonds. The minimum atomic E-state index is -1.18. The van der Waals surface area contributed by atoms with Gasteiger partial charge in [-0.1, -0.05) is 118 Å². The van der Waals surface area contributed by atoms with Crippen LogP contribution in [0.4, 0.5) is 0 Å². The lowest BCUT2D eigenvalue weighted by Gasteiger charge is -2.25. The number of aromatic nitrogens is 12. The van der Waals surface area contributed by atoms with Gasteiger partial charge in [0.25, 0.3) is 0 Å². The van der Waals surface area contributed by atoms with Crippen LogP contribution in [0.5, 0.6) is 0 Å². The molecule has 19 nitrogen and oxygen atoms in total. The minimum absolute atomic E-state index is 0. The van der Waals surface area contributed by atoms with Crippen molar-refractivity contribution in [1.29, 1.82) is 0 Å². The van der Waals surface area contributed by atoms with E-state index in [0.29, 0.717) is 32.7 Å². The molecule has 2 aromatic carbocycles. The molecule has 9 aromatic heterocycles. The number of aromatic amines is 1. The van der Waals surface area contributed by atoms with Gasteiger partial charge in [0.1, 0.15) is 17.3 Å². The lowest BCUT2D eigenvalue weighted by Crippen LogP contribution is -2.25. The van der Waals surface area contributed by atoms with E-state index >= 15 is 0 Å². The molecule has 0 radical (unpaired) electrons. The Hall–Kier alpha value is -6.77. The summed E-state index contributed by atoms with van der Waals surface area (Å²) < 4.78 is 15.6. The molecule has 1 atom stereocenters. The zero-order valence-corrected chi connectivity index (χ0v) is 59.9. The first-order valence-electron chi connectivity index (χ1n) is 32.1. The topological polar surface area (TPSA) is 342 Å². The van der Waals surface area contributed by atoms with Crippen LogP contribution in [0.3, 0.4) is 0 Å². The largest absolute Gasteiger partial charge is 0.412 e. The Bertz CT molecular complexity index is 4160. The molecule has 97 heavy (non-hydrogen) atoms. The van der Waals surface area contributed by atoms with Crippen LogP contribution in [0.1, 0.15) is 143 Å². The van der Waals surface area contributed by atoms with Gasteiger partial charge in [-0.2, -0.15) is 0 Å². The summed E-state index contributed by atoms with van der Waals surface area (Å²) in [5.41, 5.74) is 14.9. The van der Waals surface area contributed by atoms with Crippen molar-refractivity contribution in [2.24, 2.45) is 35.3 Å². The van der Waals surface area contributed by atoms with E-state index in [9.17, 15) is 4.21 Å². The average molecular weight is 1440 g/mol. The molecule has 9 heterocycles. The first-order chi connectivity index (χ1) is 44.7. The lowest BCUT2D eigenvalue weighted by atomic mass is 9.81. The van der Waals surface area contributed by atoms with Gasteiger partial charge in [-0.25, -0.2) is 44.9 Å². The van der Waals surface area contributed by atoms with Crippen LogP contribution in [0.2, 0.25) is 15.1 Å². The Balaban J connectivity index is 0.000000213. The predicted molar refractivity (Wildman–Crippen MR) is 396 cm³/mol. The van der Waals surface area contributed by atoms with Crippen molar-refractivity contribution in [2.75, 3.05) is 6.26 Å². The Labute approximate surface area is 593 Å². The number of nitrogens with two attached hydrogens (primary N) is 1. The van der Waals surface area contributed by atoms with Crippen LogP contribution in [0, 0.1) is 29.6 Å². The van der Waals surface area contributed by atoms with E-state index in [2.05, 4.69) is 101 Å². The SMILES string of the molecule is CC1CCC(Cc2ncc(Cc3c[nH]c4ncc(Cl)cc34)cn2)CC1.CC1CCC(Cc2ncc(Cc3cn(Sc4ccccc4)c4ncc(Cl)cc34)cn2)CC1.CC1CCC(N)CC1.CS(=O)c1ncc(Cc2cn(Sc3ccccc3)c3ncc(Cl)cc23)cn1.O.O.O.O.O. The first-order valence-corrected chi connectivity index (χ1v) is 36.3. The second-order valence-corrected chi connectivity index (χ2v) is 29.9. The van der Waals surface area contributed by atoms with Crippen molar-refractivity contribution in [3.8, 4) is 0 Å². The molecule has 518 valence electrons. The number of hydrogen-bond acceptors (Lipinski definition) is 13. The van der Waals surface area contributed by atoms with Crippen LogP contribution < -0.4 is 5.73 Å². The molecular weight excluding hydrogens is 1350 g/mol. The number of H-pyrrole nitrogens is 1. The van der Waals surface area contributed by atoms with Gasteiger partial charge in [0.15, 0.2) is 11.3 Å². The first kappa shape index (κ1) is 79.2. The Kier molecular flexibility index (Phi) is 31.5. The number of halogens is 3. The van der Waals surface area contributed by atoms with E-state index in [1.807, 2.05) is 89.6 Å². The van der Waals surface area contributed by atoms with E-state index in [1.54, 1.807) is 61.1 Å². The summed E-state index contributed by atoms with van der Waals surface area (Å²) >= 11 is 21.8. The highest BCUT2D eigenvalue weighted by atomic mass is 35.5. The van der Waals surface area contributed by atoms with Gasteiger partial charge in [0.2, 0.25) is 5.16 Å². The molecule has 3 fully saturated rings. The fourth-order valence-corrected chi connectivity index (χ4v) is 15.0. The van der Waals surface area contributed by atoms with E-state index < -0.39 is 10.8 Å². The quantitative estimate of drug-likeness (QED) is 0.0903. The lowest BCUT2D eigenvalue weighted by molar-refractivity contribution is 0.286. The summed E-state index contributed by atoms with van der Waals surface area (Å²) in [5, 5.41) is 5.37. The summed E-state index contributed by atoms with van der Waals surface area (Å²) in [6.45, 7) is 7.03. The third kappa shape index (κ3) is 22.6. The molecule has 13 N–H and O–H groups in total. The maximum Gasteiger partial charge on any atom is 0.218 e. The van der Waals surface area contributed by atoms with Crippen molar-refractivity contribution in [3.63, 3.8) is 0 Å². The molecule has 3 aliphatic carbocycles. The van der Waals surface area contributed by atoms with Crippen molar-refractivity contribution in [3.05, 3.63) is 213 Å². The Morgan fingerprint density at radius 2 is 0.835 bits per heavy atom. The molecule has 0 aliphatic heterocycles. The van der Waals surface area contributed by atoms with Gasteiger partial charge >= 0.3 is 0 Å². The standard InChI is InChI=1S/C26H27ClN4S.C20H23ClN4.C19H15ClN4OS2.C7H15N.5H2O/c1-18-7-9-19(10-8-18)12-25-28-14-20(15-29-25)11-21-17-31(32-23-5-3-2-4-6-23)26-24(21)13-22(27)16-30-26;1-13-2-4-14(5-3-13)7-19-22-9-15(10-23-19)6-16-11-24-20-18(16)8-17(21)12-25-20;1-27(25)19-22-9-13(10-23-19)7-14-12-24(26-16-5-3-2-4-6-16)18-17(14)8-15(20)11-21-18;1-6-2-4-7(8)5-3-6;;;;;/h2-6,13-19H,7-12H2,1H3;8-14H,2-7H2,1H3,(H,24,25);2-6,8-12H,7H2,1H3;6-7H,2-5,8H2,1H3;5*1H2. The monoisotopic (exact) mass is 1430 g/mol. The maximum absolute atomic E-state index is 11.5. The third-order valence-electron chi connectivity index (χ3n) is 17.7. The summed E-state index contributed by atoms with van der Waals surface area (Å²) in [6, 6.07) is 26.9. The van der Waals surface area contributed by atoms with Crippen molar-refractivity contribution >= 4 is 103 Å². The molecule has 0 bridgehead atoms. The second kappa shape index (κ2) is 38.6. The van der Waals surface area contributed by atoms with Gasteiger partial charge in [-0.05, 0) is 181 Å².